The molecule has 186 valence electrons. The van der Waals surface area contributed by atoms with Crippen molar-refractivity contribution < 1.29 is 19.4 Å². The minimum atomic E-state index is -0.981. The van der Waals surface area contributed by atoms with Crippen LogP contribution >= 0.6 is 56.5 Å². The van der Waals surface area contributed by atoms with Gasteiger partial charge in [0.2, 0.25) is 0 Å². The van der Waals surface area contributed by atoms with Gasteiger partial charge in [0.25, 0.3) is 5.91 Å². The molecule has 37 heavy (non-hydrogen) atoms. The van der Waals surface area contributed by atoms with Crippen LogP contribution < -0.4 is 10.1 Å². The molecule has 3 aromatic rings. The Bertz CT molecular complexity index is 1470. The van der Waals surface area contributed by atoms with Crippen LogP contribution in [-0.4, -0.2) is 17.0 Å². The normalized spacial score (nSPS) is 12.7. The summed E-state index contributed by atoms with van der Waals surface area (Å²) in [6.45, 7) is 0.263. The highest BCUT2D eigenvalue weighted by molar-refractivity contribution is 14.1. The molecular weight excluding hydrogens is 716 g/mol. The number of nitrogens with zero attached hydrogens (tertiary/aromatic N) is 2. The van der Waals surface area contributed by atoms with Gasteiger partial charge in [-0.1, -0.05) is 12.1 Å². The second-order valence-corrected chi connectivity index (χ2v) is 11.7. The maximum absolute atomic E-state index is 12.9. The Kier molecular flexibility index (Phi) is 8.84. The van der Waals surface area contributed by atoms with Gasteiger partial charge in [0, 0.05) is 4.88 Å². The number of carboxylic acid groups (broad SMARTS) is 1. The summed E-state index contributed by atoms with van der Waals surface area (Å²) in [4.78, 5) is 25.1. The van der Waals surface area contributed by atoms with Crippen LogP contribution in [0.2, 0.25) is 0 Å². The lowest BCUT2D eigenvalue weighted by atomic mass is 9.96. The summed E-state index contributed by atoms with van der Waals surface area (Å²) in [5.41, 5.74) is 3.18. The van der Waals surface area contributed by atoms with Gasteiger partial charge in [-0.2, -0.15) is 10.5 Å². The van der Waals surface area contributed by atoms with Gasteiger partial charge in [0.15, 0.2) is 0 Å². The fraction of sp³-hybridized carbons (Fsp3) is 0.185. The molecular formula is C27H19I2N3O4S. The number of fused-ring (bicyclic) bond motifs is 1. The van der Waals surface area contributed by atoms with Gasteiger partial charge in [0.05, 0.1) is 18.3 Å². The third kappa shape index (κ3) is 6.32. The lowest BCUT2D eigenvalue weighted by molar-refractivity contribution is -0.112. The molecule has 0 bridgehead atoms. The monoisotopic (exact) mass is 735 g/mol. The molecule has 7 nitrogen and oxygen atoms in total. The van der Waals surface area contributed by atoms with Gasteiger partial charge >= 0.3 is 5.97 Å². The summed E-state index contributed by atoms with van der Waals surface area (Å²) in [6, 6.07) is 14.3. The van der Waals surface area contributed by atoms with E-state index in [1.165, 1.54) is 29.5 Å². The van der Waals surface area contributed by atoms with Gasteiger partial charge in [-0.3, -0.25) is 4.79 Å². The Balaban J connectivity index is 1.50. The number of thiophene rings is 1. The van der Waals surface area contributed by atoms with Gasteiger partial charge in [-0.15, -0.1) is 11.3 Å². The summed E-state index contributed by atoms with van der Waals surface area (Å²) >= 11 is 5.70. The Hall–Kier alpha value is -2.94. The van der Waals surface area contributed by atoms with Crippen molar-refractivity contribution in [2.45, 2.75) is 32.3 Å². The van der Waals surface area contributed by atoms with Crippen LogP contribution in [0.15, 0.2) is 42.0 Å². The summed E-state index contributed by atoms with van der Waals surface area (Å²) in [7, 11) is 0. The zero-order chi connectivity index (χ0) is 26.5. The first-order valence-electron chi connectivity index (χ1n) is 11.2. The fourth-order valence-corrected chi connectivity index (χ4v) is 7.32. The first kappa shape index (κ1) is 27.1. The number of carboxylic acids is 1. The zero-order valence-corrected chi connectivity index (χ0v) is 24.4. The van der Waals surface area contributed by atoms with Crippen molar-refractivity contribution >= 4 is 79.5 Å². The van der Waals surface area contributed by atoms with Crippen molar-refractivity contribution in [1.29, 1.82) is 10.5 Å². The molecule has 1 amide bonds. The number of nitriles is 2. The minimum absolute atomic E-state index is 0.0611. The van der Waals surface area contributed by atoms with Crippen LogP contribution in [0.1, 0.15) is 50.3 Å². The second-order valence-electron chi connectivity index (χ2n) is 8.26. The quantitative estimate of drug-likeness (QED) is 0.162. The SMILES string of the molecule is N#C/C(=C\c1cc(I)c(OCc2ccc(C(=O)O)cc2)c(I)c1)C(=O)Nc1sc2c(c1C#N)CCCC2. The van der Waals surface area contributed by atoms with Gasteiger partial charge in [0.1, 0.15) is 35.1 Å². The summed E-state index contributed by atoms with van der Waals surface area (Å²) in [5, 5.41) is 31.6. The number of hydrogen-bond acceptors (Lipinski definition) is 6. The third-order valence-corrected chi connectivity index (χ3v) is 8.60. The molecule has 2 N–H and O–H groups in total. The van der Waals surface area contributed by atoms with Gasteiger partial charge in [-0.25, -0.2) is 4.79 Å². The maximum Gasteiger partial charge on any atom is 0.335 e. The van der Waals surface area contributed by atoms with Crippen LogP contribution in [0.3, 0.4) is 0 Å². The first-order valence-corrected chi connectivity index (χ1v) is 14.2. The van der Waals surface area contributed by atoms with E-state index in [-0.39, 0.29) is 17.7 Å². The highest BCUT2D eigenvalue weighted by Gasteiger charge is 2.23. The lowest BCUT2D eigenvalue weighted by Crippen LogP contribution is -2.13. The first-order chi connectivity index (χ1) is 17.8. The number of ether oxygens (including phenoxy) is 1. The number of amides is 1. The standard InChI is InChI=1S/C27H19I2N3O4S/c28-21-10-16(11-22(29)24(21)36-14-15-5-7-17(8-6-15)27(34)35)9-18(12-30)25(33)32-26-20(13-31)19-3-1-2-4-23(19)37-26/h5-11H,1-4,14H2,(H,32,33)(H,34,35)/b18-9+. The average Bonchev–Trinajstić information content (AvgIpc) is 3.23. The van der Waals surface area contributed by atoms with E-state index >= 15 is 0 Å². The van der Waals surface area contributed by atoms with Crippen LogP contribution in [0.25, 0.3) is 6.08 Å². The molecule has 0 fully saturated rings. The molecule has 1 aliphatic carbocycles. The zero-order valence-electron chi connectivity index (χ0n) is 19.3. The van der Waals surface area contributed by atoms with E-state index in [1.807, 2.05) is 18.2 Å². The van der Waals surface area contributed by atoms with Crippen molar-refractivity contribution in [3.63, 3.8) is 0 Å². The number of carbonyl (C=O) groups excluding carboxylic acids is 1. The molecule has 1 aliphatic rings. The van der Waals surface area contributed by atoms with E-state index in [0.717, 1.165) is 48.8 Å². The Labute approximate surface area is 245 Å². The van der Waals surface area contributed by atoms with Crippen LogP contribution in [-0.2, 0) is 24.2 Å². The largest absolute Gasteiger partial charge is 0.487 e. The molecule has 0 atom stereocenters. The maximum atomic E-state index is 12.9. The molecule has 4 rings (SSSR count). The highest BCUT2D eigenvalue weighted by Crippen LogP contribution is 2.38. The van der Waals surface area contributed by atoms with E-state index in [4.69, 9.17) is 9.84 Å². The van der Waals surface area contributed by atoms with Crippen molar-refractivity contribution in [2.75, 3.05) is 5.32 Å². The number of anilines is 1. The number of aryl methyl sites for hydroxylation is 1. The van der Waals surface area contributed by atoms with Crippen LogP contribution in [0, 0.1) is 29.8 Å². The number of hydrogen-bond donors (Lipinski definition) is 2. The summed E-state index contributed by atoms with van der Waals surface area (Å²) < 4.78 is 7.57. The number of nitrogens with one attached hydrogen (secondary N) is 1. The molecule has 1 heterocycles. The Morgan fingerprint density at radius 3 is 2.41 bits per heavy atom. The number of aromatic carboxylic acids is 1. The smallest absolute Gasteiger partial charge is 0.335 e. The molecule has 0 aliphatic heterocycles. The van der Waals surface area contributed by atoms with Crippen molar-refractivity contribution in [2.24, 2.45) is 0 Å². The van der Waals surface area contributed by atoms with Crippen molar-refractivity contribution in [3.8, 4) is 17.9 Å². The van der Waals surface area contributed by atoms with Crippen molar-refractivity contribution in [3.05, 3.63) is 81.8 Å². The highest BCUT2D eigenvalue weighted by atomic mass is 127. The predicted molar refractivity (Wildman–Crippen MR) is 158 cm³/mol. The Morgan fingerprint density at radius 1 is 1.11 bits per heavy atom. The second kappa shape index (κ2) is 12.1. The van der Waals surface area contributed by atoms with E-state index in [2.05, 4.69) is 56.6 Å². The predicted octanol–water partition coefficient (Wildman–Crippen LogP) is 6.53. The van der Waals surface area contributed by atoms with Gasteiger partial charge in [-0.05, 0) is 118 Å². The molecule has 10 heteroatoms. The molecule has 0 spiro atoms. The molecule has 0 unspecified atom stereocenters. The van der Waals surface area contributed by atoms with Gasteiger partial charge < -0.3 is 15.2 Å². The molecule has 2 aromatic carbocycles. The number of rotatable bonds is 7. The number of carbonyl (C=O) groups is 2. The fourth-order valence-electron chi connectivity index (χ4n) is 3.96. The lowest BCUT2D eigenvalue weighted by Gasteiger charge is -2.12. The van der Waals surface area contributed by atoms with E-state index in [1.54, 1.807) is 12.1 Å². The molecule has 0 saturated carbocycles. The third-order valence-electron chi connectivity index (χ3n) is 5.79. The number of benzene rings is 2. The number of halogens is 2. The topological polar surface area (TPSA) is 123 Å². The average molecular weight is 735 g/mol. The summed E-state index contributed by atoms with van der Waals surface area (Å²) in [5.74, 6) is -0.871. The molecule has 1 aromatic heterocycles. The minimum Gasteiger partial charge on any atom is -0.487 e. The van der Waals surface area contributed by atoms with Crippen LogP contribution in [0.4, 0.5) is 5.00 Å². The molecule has 0 saturated heterocycles. The van der Waals surface area contributed by atoms with E-state index < -0.39 is 11.9 Å². The van der Waals surface area contributed by atoms with Crippen molar-refractivity contribution in [1.82, 2.24) is 0 Å². The van der Waals surface area contributed by atoms with E-state index in [0.29, 0.717) is 21.9 Å². The van der Waals surface area contributed by atoms with E-state index in [9.17, 15) is 20.1 Å². The summed E-state index contributed by atoms with van der Waals surface area (Å²) in [6.07, 6.45) is 5.37. The Morgan fingerprint density at radius 2 is 1.78 bits per heavy atom. The van der Waals surface area contributed by atoms with Crippen LogP contribution in [0.5, 0.6) is 5.75 Å². The molecule has 0 radical (unpaired) electrons.